The molecule has 4 aliphatic rings. The molecule has 4 nitrogen and oxygen atoms in total. The van der Waals surface area contributed by atoms with Gasteiger partial charge in [-0.05, 0) is 125 Å². The van der Waals surface area contributed by atoms with Crippen LogP contribution < -0.4 is 42.6 Å². The molecule has 0 spiro atoms. The Balaban J connectivity index is 1.11. The number of pyridine rings is 2. The first kappa shape index (κ1) is 36.4. The second-order valence-electron chi connectivity index (χ2n) is 19.1. The third kappa shape index (κ3) is 4.61. The number of aryl methyl sites for hydroxylation is 4. The van der Waals surface area contributed by atoms with E-state index in [0.29, 0.717) is 0 Å². The Morgan fingerprint density at radius 2 is 0.803 bits per heavy atom. The maximum absolute atomic E-state index is 5.60. The van der Waals surface area contributed by atoms with E-state index in [4.69, 9.17) is 9.97 Å². The molecule has 0 unspecified atom stereocenters. The summed E-state index contributed by atoms with van der Waals surface area (Å²) in [4.78, 5) is 16.3. The normalized spacial score (nSPS) is 13.6. The van der Waals surface area contributed by atoms with Crippen molar-refractivity contribution in [1.29, 1.82) is 0 Å². The molecule has 6 heterocycles. The summed E-state index contributed by atoms with van der Waals surface area (Å²) in [6, 6.07) is 64.3. The van der Waals surface area contributed by atoms with Gasteiger partial charge in [-0.25, -0.2) is 9.97 Å². The maximum Gasteiger partial charge on any atom is 0.248 e. The average molecular weight is 839 g/mol. The molecule has 2 aromatic heterocycles. The highest BCUT2D eigenvalue weighted by Crippen LogP contribution is 2.48. The molecule has 0 N–H and O–H groups in total. The van der Waals surface area contributed by atoms with E-state index < -0.39 is 0 Å². The minimum atomic E-state index is -0.0248. The summed E-state index contributed by atoms with van der Waals surface area (Å²) in [6.45, 7) is 8.68. The van der Waals surface area contributed by atoms with Gasteiger partial charge in [0.2, 0.25) is 13.4 Å². The van der Waals surface area contributed by atoms with Crippen molar-refractivity contribution in [2.75, 3.05) is 9.80 Å². The zero-order valence-corrected chi connectivity index (χ0v) is 37.1. The summed E-state index contributed by atoms with van der Waals surface area (Å²) in [5.41, 5.74) is 26.6. The third-order valence-electron chi connectivity index (χ3n) is 15.4. The first-order valence-electron chi connectivity index (χ1n) is 23.2. The fraction of sp³-hybridized carbons (Fsp3) is 0.0667. The smallest absolute Gasteiger partial charge is 0.248 e. The van der Waals surface area contributed by atoms with Crippen molar-refractivity contribution < 1.29 is 0 Å². The standard InChI is InChI=1S/C60H40B2N4/c1-33-19-23-37(24-20-33)65-49-29-27-39-41-15-9-11-35(3)57(41)63-59-43-13-5-7-17-45(43)61(55(49)53(39)59)47-31-48-52(32-51(47)65)66(38-25-21-34(2)22-26-38)50-30-28-40-42-16-10-12-36(4)58(42)64-60-44-14-6-8-18-46(44)62(48)56(50)54(40)60/h5-32H,1-4H3. The van der Waals surface area contributed by atoms with Gasteiger partial charge in [-0.15, -0.1) is 0 Å². The van der Waals surface area contributed by atoms with Crippen LogP contribution in [0.15, 0.2) is 170 Å². The first-order valence-corrected chi connectivity index (χ1v) is 23.2. The summed E-state index contributed by atoms with van der Waals surface area (Å²) in [5.74, 6) is 0. The van der Waals surface area contributed by atoms with Gasteiger partial charge in [0, 0.05) is 55.7 Å². The molecule has 6 heteroatoms. The Kier molecular flexibility index (Phi) is 7.09. The first-order chi connectivity index (χ1) is 32.4. The van der Waals surface area contributed by atoms with Gasteiger partial charge in [-0.1, -0.05) is 149 Å². The van der Waals surface area contributed by atoms with Crippen LogP contribution in [0, 0.1) is 27.7 Å². The Labute approximate surface area is 384 Å². The Morgan fingerprint density at radius 1 is 0.364 bits per heavy atom. The molecule has 0 amide bonds. The second-order valence-corrected chi connectivity index (χ2v) is 19.1. The number of para-hydroxylation sites is 2. The fourth-order valence-corrected chi connectivity index (χ4v) is 12.5. The van der Waals surface area contributed by atoms with Gasteiger partial charge >= 0.3 is 0 Å². The number of nitrogens with zero attached hydrogens (tertiary/aromatic N) is 4. The van der Waals surface area contributed by atoms with Gasteiger partial charge in [0.25, 0.3) is 0 Å². The van der Waals surface area contributed by atoms with E-state index in [2.05, 4.69) is 207 Å². The van der Waals surface area contributed by atoms with Crippen LogP contribution in [0.4, 0.5) is 34.1 Å². The van der Waals surface area contributed by atoms with E-state index >= 15 is 0 Å². The lowest BCUT2D eigenvalue weighted by molar-refractivity contribution is 1.26. The number of rotatable bonds is 2. The molecule has 0 aliphatic carbocycles. The number of fused-ring (bicyclic) bond motifs is 14. The molecule has 66 heavy (non-hydrogen) atoms. The topological polar surface area (TPSA) is 32.3 Å². The summed E-state index contributed by atoms with van der Waals surface area (Å²) in [6.07, 6.45) is 0. The molecule has 0 bridgehead atoms. The zero-order valence-electron chi connectivity index (χ0n) is 37.1. The number of hydrogen-bond acceptors (Lipinski definition) is 4. The molecule has 0 atom stereocenters. The molecule has 306 valence electrons. The van der Waals surface area contributed by atoms with E-state index in [1.807, 2.05) is 0 Å². The highest BCUT2D eigenvalue weighted by molar-refractivity contribution is 7.03. The number of hydrogen-bond donors (Lipinski definition) is 0. The van der Waals surface area contributed by atoms with E-state index in [1.165, 1.54) is 121 Å². The molecule has 0 radical (unpaired) electrons. The van der Waals surface area contributed by atoms with Gasteiger partial charge in [0.05, 0.1) is 22.4 Å². The van der Waals surface area contributed by atoms with Crippen LogP contribution in [-0.2, 0) is 0 Å². The molecule has 9 aromatic carbocycles. The van der Waals surface area contributed by atoms with Crippen molar-refractivity contribution in [2.24, 2.45) is 0 Å². The van der Waals surface area contributed by atoms with Crippen LogP contribution in [0.1, 0.15) is 22.3 Å². The highest BCUT2D eigenvalue weighted by atomic mass is 15.2. The fourth-order valence-electron chi connectivity index (χ4n) is 12.5. The second kappa shape index (κ2) is 12.9. The molecule has 0 saturated carbocycles. The van der Waals surface area contributed by atoms with Gasteiger partial charge < -0.3 is 9.80 Å². The van der Waals surface area contributed by atoms with Gasteiger partial charge in [-0.2, -0.15) is 0 Å². The monoisotopic (exact) mass is 838 g/mol. The van der Waals surface area contributed by atoms with Crippen LogP contribution in [0.3, 0.4) is 0 Å². The average Bonchev–Trinajstić information content (AvgIpc) is 3.35. The van der Waals surface area contributed by atoms with Crippen molar-refractivity contribution in [3.8, 4) is 22.5 Å². The summed E-state index contributed by atoms with van der Waals surface area (Å²) >= 11 is 0. The molecule has 15 rings (SSSR count). The van der Waals surface area contributed by atoms with Crippen LogP contribution in [0.25, 0.3) is 65.9 Å². The van der Waals surface area contributed by atoms with Crippen LogP contribution in [0.5, 0.6) is 0 Å². The minimum absolute atomic E-state index is 0.0248. The molecular weight excluding hydrogens is 798 g/mol. The number of aromatic nitrogens is 2. The summed E-state index contributed by atoms with van der Waals surface area (Å²) < 4.78 is 0. The van der Waals surface area contributed by atoms with E-state index in [-0.39, 0.29) is 13.4 Å². The predicted octanol–water partition coefficient (Wildman–Crippen LogP) is 10.9. The lowest BCUT2D eigenvalue weighted by Gasteiger charge is -2.44. The predicted molar refractivity (Wildman–Crippen MR) is 281 cm³/mol. The third-order valence-corrected chi connectivity index (χ3v) is 15.4. The largest absolute Gasteiger partial charge is 0.311 e. The van der Waals surface area contributed by atoms with Crippen molar-refractivity contribution in [3.63, 3.8) is 0 Å². The van der Waals surface area contributed by atoms with Crippen molar-refractivity contribution in [3.05, 3.63) is 192 Å². The quantitative estimate of drug-likeness (QED) is 0.128. The number of anilines is 6. The van der Waals surface area contributed by atoms with Crippen molar-refractivity contribution >= 4 is 124 Å². The van der Waals surface area contributed by atoms with E-state index in [9.17, 15) is 0 Å². The SMILES string of the molecule is Cc1ccc(N2c3cc4c(cc3B3c5ccccc5-c5nc6c(C)cccc6c6ccc2c3c56)B2c3ccccc3-c3nc5c(C)cccc5c5ccc(c2c35)N4c2ccc(C)cc2)cc1. The molecule has 0 saturated heterocycles. The van der Waals surface area contributed by atoms with E-state index in [0.717, 1.165) is 33.8 Å². The highest BCUT2D eigenvalue weighted by Gasteiger charge is 2.46. The van der Waals surface area contributed by atoms with Crippen LogP contribution in [0.2, 0.25) is 0 Å². The maximum atomic E-state index is 5.60. The zero-order chi connectivity index (χ0) is 43.7. The Hall–Kier alpha value is -7.95. The molecule has 4 aliphatic heterocycles. The lowest BCUT2D eigenvalue weighted by Crippen LogP contribution is -2.63. The molecular formula is C60H40B2N4. The molecule has 11 aromatic rings. The van der Waals surface area contributed by atoms with Gasteiger partial charge in [-0.3, -0.25) is 0 Å². The van der Waals surface area contributed by atoms with Gasteiger partial charge in [0.1, 0.15) is 0 Å². The minimum Gasteiger partial charge on any atom is -0.311 e. The Bertz CT molecular complexity index is 3750. The van der Waals surface area contributed by atoms with Gasteiger partial charge in [0.15, 0.2) is 0 Å². The lowest BCUT2D eigenvalue weighted by atomic mass is 9.29. The van der Waals surface area contributed by atoms with E-state index in [1.54, 1.807) is 0 Å². The molecule has 0 fully saturated rings. The Morgan fingerprint density at radius 3 is 1.26 bits per heavy atom. The van der Waals surface area contributed by atoms with Crippen LogP contribution in [-0.4, -0.2) is 23.4 Å². The number of benzene rings is 9. The van der Waals surface area contributed by atoms with Crippen molar-refractivity contribution in [2.45, 2.75) is 27.7 Å². The summed E-state index contributed by atoms with van der Waals surface area (Å²) in [7, 11) is 0. The summed E-state index contributed by atoms with van der Waals surface area (Å²) in [5, 5.41) is 7.45. The van der Waals surface area contributed by atoms with Crippen LogP contribution >= 0.6 is 0 Å². The van der Waals surface area contributed by atoms with Crippen molar-refractivity contribution in [1.82, 2.24) is 9.97 Å².